The average Bonchev–Trinajstić information content (AvgIpc) is 2.46. The van der Waals surface area contributed by atoms with Crippen LogP contribution in [0.1, 0.15) is 31.1 Å². The molecule has 0 spiro atoms. The number of aryl methyl sites for hydroxylation is 1. The number of aliphatic hydroxyl groups excluding tert-OH is 1. The zero-order valence-corrected chi connectivity index (χ0v) is 13.7. The summed E-state index contributed by atoms with van der Waals surface area (Å²) in [7, 11) is 2.05. The molecule has 106 valence electrons. The molecule has 1 N–H and O–H groups in total. The van der Waals surface area contributed by atoms with Crippen molar-refractivity contribution in [3.63, 3.8) is 0 Å². The van der Waals surface area contributed by atoms with Gasteiger partial charge < -0.3 is 10.0 Å². The monoisotopic (exact) mass is 333 g/mol. The summed E-state index contributed by atoms with van der Waals surface area (Å²) in [6.07, 6.45) is 0.589. The quantitative estimate of drug-likeness (QED) is 0.865. The van der Waals surface area contributed by atoms with Crippen LogP contribution >= 0.6 is 15.9 Å². The molecule has 20 heavy (non-hydrogen) atoms. The highest BCUT2D eigenvalue weighted by Crippen LogP contribution is 2.31. The molecule has 0 aromatic heterocycles. The minimum absolute atomic E-state index is 0.465. The van der Waals surface area contributed by atoms with E-state index in [0.717, 1.165) is 27.8 Å². The van der Waals surface area contributed by atoms with E-state index in [9.17, 15) is 5.11 Å². The molecule has 2 rings (SSSR count). The van der Waals surface area contributed by atoms with Gasteiger partial charge in [0.25, 0.3) is 0 Å². The maximum Gasteiger partial charge on any atom is 0.0772 e. The molecule has 0 aliphatic heterocycles. The summed E-state index contributed by atoms with van der Waals surface area (Å²) >= 11 is 3.52. The lowest BCUT2D eigenvalue weighted by atomic mass is 10.1. The zero-order chi connectivity index (χ0) is 14.7. The third kappa shape index (κ3) is 3.22. The molecule has 0 fully saturated rings. The van der Waals surface area contributed by atoms with E-state index in [1.54, 1.807) is 6.92 Å². The molecule has 0 saturated carbocycles. The lowest BCUT2D eigenvalue weighted by Crippen LogP contribution is -2.09. The predicted molar refractivity (Wildman–Crippen MR) is 88.7 cm³/mol. The topological polar surface area (TPSA) is 23.5 Å². The molecule has 1 atom stereocenters. The first-order chi connectivity index (χ1) is 9.52. The summed E-state index contributed by atoms with van der Waals surface area (Å²) in [5, 5.41) is 9.67. The third-order valence-electron chi connectivity index (χ3n) is 3.55. The normalized spacial score (nSPS) is 12.2. The van der Waals surface area contributed by atoms with Crippen LogP contribution in [-0.4, -0.2) is 12.2 Å². The van der Waals surface area contributed by atoms with Gasteiger partial charge in [-0.15, -0.1) is 0 Å². The van der Waals surface area contributed by atoms with E-state index < -0.39 is 6.10 Å². The van der Waals surface area contributed by atoms with Gasteiger partial charge in [-0.2, -0.15) is 0 Å². The van der Waals surface area contributed by atoms with Gasteiger partial charge in [0.2, 0.25) is 0 Å². The fraction of sp³-hybridized carbons (Fsp3) is 0.294. The lowest BCUT2D eigenvalue weighted by Gasteiger charge is -2.21. The Kier molecular flexibility index (Phi) is 4.84. The summed E-state index contributed by atoms with van der Waals surface area (Å²) in [5.74, 6) is 0. The van der Waals surface area contributed by atoms with E-state index in [0.29, 0.717) is 0 Å². The Morgan fingerprint density at radius 1 is 1.10 bits per heavy atom. The first kappa shape index (κ1) is 15.1. The summed E-state index contributed by atoms with van der Waals surface area (Å²) in [6, 6.07) is 14.6. The largest absolute Gasteiger partial charge is 0.389 e. The smallest absolute Gasteiger partial charge is 0.0772 e. The summed E-state index contributed by atoms with van der Waals surface area (Å²) in [6.45, 7) is 3.93. The second-order valence-corrected chi connectivity index (χ2v) is 5.82. The second-order valence-electron chi connectivity index (χ2n) is 4.96. The van der Waals surface area contributed by atoms with E-state index >= 15 is 0 Å². The minimum Gasteiger partial charge on any atom is -0.389 e. The van der Waals surface area contributed by atoms with Crippen LogP contribution in [0.25, 0.3) is 0 Å². The van der Waals surface area contributed by atoms with E-state index in [4.69, 9.17) is 0 Å². The highest BCUT2D eigenvalue weighted by Gasteiger charge is 2.09. The van der Waals surface area contributed by atoms with Gasteiger partial charge in [0, 0.05) is 22.9 Å². The van der Waals surface area contributed by atoms with Crippen LogP contribution in [0, 0.1) is 0 Å². The molecule has 0 heterocycles. The first-order valence-corrected chi connectivity index (χ1v) is 7.62. The van der Waals surface area contributed by atoms with Gasteiger partial charge in [-0.25, -0.2) is 0 Å². The van der Waals surface area contributed by atoms with Gasteiger partial charge in [-0.1, -0.05) is 41.1 Å². The second kappa shape index (κ2) is 6.42. The molecular weight excluding hydrogens is 314 g/mol. The van der Waals surface area contributed by atoms with Gasteiger partial charge in [-0.3, -0.25) is 0 Å². The van der Waals surface area contributed by atoms with Crippen LogP contribution in [0.2, 0.25) is 0 Å². The Labute approximate surface area is 129 Å². The molecule has 0 aliphatic carbocycles. The van der Waals surface area contributed by atoms with Crippen LogP contribution in [-0.2, 0) is 6.42 Å². The van der Waals surface area contributed by atoms with Gasteiger partial charge >= 0.3 is 0 Å². The number of hydrogen-bond acceptors (Lipinski definition) is 2. The van der Waals surface area contributed by atoms with Crippen molar-refractivity contribution in [3.05, 3.63) is 58.1 Å². The number of benzene rings is 2. The number of hydrogen-bond donors (Lipinski definition) is 1. The van der Waals surface area contributed by atoms with Crippen molar-refractivity contribution in [1.82, 2.24) is 0 Å². The van der Waals surface area contributed by atoms with Crippen molar-refractivity contribution in [2.45, 2.75) is 26.4 Å². The standard InChI is InChI=1S/C17H20BrNO/c1-4-13-5-7-14(8-6-13)19(3)15-9-10-16(12(2)20)17(18)11-15/h5-12,20H,4H2,1-3H3. The molecule has 0 radical (unpaired) electrons. The maximum atomic E-state index is 9.67. The highest BCUT2D eigenvalue weighted by atomic mass is 79.9. The van der Waals surface area contributed by atoms with Crippen LogP contribution in [0.3, 0.4) is 0 Å². The Bertz CT molecular complexity index is 578. The Morgan fingerprint density at radius 2 is 1.70 bits per heavy atom. The van der Waals surface area contributed by atoms with Crippen molar-refractivity contribution in [2.75, 3.05) is 11.9 Å². The fourth-order valence-corrected chi connectivity index (χ4v) is 2.87. The van der Waals surface area contributed by atoms with E-state index in [-0.39, 0.29) is 0 Å². The molecule has 0 aliphatic rings. The van der Waals surface area contributed by atoms with Gasteiger partial charge in [0.1, 0.15) is 0 Å². The van der Waals surface area contributed by atoms with E-state index in [1.165, 1.54) is 5.56 Å². The molecule has 1 unspecified atom stereocenters. The number of halogens is 1. The van der Waals surface area contributed by atoms with E-state index in [1.807, 2.05) is 25.2 Å². The van der Waals surface area contributed by atoms with Crippen molar-refractivity contribution < 1.29 is 5.11 Å². The molecule has 0 amide bonds. The van der Waals surface area contributed by atoms with Crippen LogP contribution < -0.4 is 4.90 Å². The summed E-state index contributed by atoms with van der Waals surface area (Å²) in [5.41, 5.74) is 4.49. The molecule has 2 aromatic carbocycles. The molecule has 3 heteroatoms. The van der Waals surface area contributed by atoms with Gasteiger partial charge in [-0.05, 0) is 48.7 Å². The van der Waals surface area contributed by atoms with Crippen LogP contribution in [0.15, 0.2) is 46.9 Å². The van der Waals surface area contributed by atoms with Gasteiger partial charge in [0.05, 0.1) is 6.10 Å². The number of anilines is 2. The first-order valence-electron chi connectivity index (χ1n) is 6.83. The number of rotatable bonds is 4. The third-order valence-corrected chi connectivity index (χ3v) is 4.24. The van der Waals surface area contributed by atoms with Crippen molar-refractivity contribution >= 4 is 27.3 Å². The number of aliphatic hydroxyl groups is 1. The Balaban J connectivity index is 2.28. The van der Waals surface area contributed by atoms with Crippen LogP contribution in [0.5, 0.6) is 0 Å². The predicted octanol–water partition coefficient (Wildman–Crippen LogP) is 4.83. The molecule has 0 bridgehead atoms. The van der Waals surface area contributed by atoms with Crippen molar-refractivity contribution in [1.29, 1.82) is 0 Å². The maximum absolute atomic E-state index is 9.67. The SMILES string of the molecule is CCc1ccc(N(C)c2ccc(C(C)O)c(Br)c2)cc1. The number of nitrogens with zero attached hydrogens (tertiary/aromatic N) is 1. The van der Waals surface area contributed by atoms with Gasteiger partial charge in [0.15, 0.2) is 0 Å². The zero-order valence-electron chi connectivity index (χ0n) is 12.1. The molecule has 2 nitrogen and oxygen atoms in total. The fourth-order valence-electron chi connectivity index (χ4n) is 2.17. The van der Waals surface area contributed by atoms with Crippen molar-refractivity contribution in [2.24, 2.45) is 0 Å². The highest BCUT2D eigenvalue weighted by molar-refractivity contribution is 9.10. The summed E-state index contributed by atoms with van der Waals surface area (Å²) in [4.78, 5) is 2.13. The summed E-state index contributed by atoms with van der Waals surface area (Å²) < 4.78 is 0.932. The Hall–Kier alpha value is -1.32. The average molecular weight is 334 g/mol. The lowest BCUT2D eigenvalue weighted by molar-refractivity contribution is 0.198. The Morgan fingerprint density at radius 3 is 2.20 bits per heavy atom. The minimum atomic E-state index is -0.465. The molecular formula is C17H20BrNO. The van der Waals surface area contributed by atoms with E-state index in [2.05, 4.69) is 52.0 Å². The van der Waals surface area contributed by atoms with Crippen molar-refractivity contribution in [3.8, 4) is 0 Å². The van der Waals surface area contributed by atoms with Crippen LogP contribution in [0.4, 0.5) is 11.4 Å². The molecule has 2 aromatic rings. The molecule has 0 saturated heterocycles.